The minimum absolute atomic E-state index is 0.146. The fraction of sp³-hybridized carbons (Fsp3) is 0.231. The van der Waals surface area contributed by atoms with Crippen LogP contribution < -0.4 is 10.1 Å². The van der Waals surface area contributed by atoms with Crippen molar-refractivity contribution < 1.29 is 19.4 Å². The van der Waals surface area contributed by atoms with Gasteiger partial charge < -0.3 is 15.2 Å². The van der Waals surface area contributed by atoms with Crippen molar-refractivity contribution in [2.45, 2.75) is 12.5 Å². The highest BCUT2D eigenvalue weighted by molar-refractivity contribution is 6.32. The zero-order valence-corrected chi connectivity index (χ0v) is 10.9. The summed E-state index contributed by atoms with van der Waals surface area (Å²) in [6.07, 6.45) is 1.57. The molecule has 102 valence electrons. The number of ether oxygens (including phenoxy) is 1. The van der Waals surface area contributed by atoms with Crippen molar-refractivity contribution in [3.63, 3.8) is 0 Å². The predicted octanol–water partition coefficient (Wildman–Crippen LogP) is 1.86. The molecule has 6 heteroatoms. The lowest BCUT2D eigenvalue weighted by Gasteiger charge is -2.13. The first kappa shape index (κ1) is 15.0. The number of amides is 1. The van der Waals surface area contributed by atoms with E-state index in [1.165, 1.54) is 6.08 Å². The van der Waals surface area contributed by atoms with E-state index in [1.807, 2.05) is 0 Å². The number of aliphatic carboxylic acids is 1. The Morgan fingerprint density at radius 3 is 2.74 bits per heavy atom. The van der Waals surface area contributed by atoms with Crippen LogP contribution in [0.5, 0.6) is 5.75 Å². The van der Waals surface area contributed by atoms with Gasteiger partial charge >= 0.3 is 5.97 Å². The van der Waals surface area contributed by atoms with Crippen LogP contribution in [0.3, 0.4) is 0 Å². The van der Waals surface area contributed by atoms with E-state index in [0.717, 1.165) is 0 Å². The van der Waals surface area contributed by atoms with E-state index < -0.39 is 17.9 Å². The molecule has 1 rings (SSSR count). The number of nitrogens with one attached hydrogen (secondary N) is 1. The first-order valence-electron chi connectivity index (χ1n) is 5.55. The summed E-state index contributed by atoms with van der Waals surface area (Å²) in [6.45, 7) is 3.13. The van der Waals surface area contributed by atoms with Crippen molar-refractivity contribution in [1.29, 1.82) is 0 Å². The van der Waals surface area contributed by atoms with E-state index in [-0.39, 0.29) is 13.0 Å². The van der Waals surface area contributed by atoms with Crippen LogP contribution >= 0.6 is 11.6 Å². The van der Waals surface area contributed by atoms with Crippen LogP contribution in [-0.4, -0.2) is 29.6 Å². The van der Waals surface area contributed by atoms with Crippen LogP contribution in [0.1, 0.15) is 6.42 Å². The molecule has 0 bridgehead atoms. The average molecular weight is 284 g/mol. The molecule has 1 aromatic carbocycles. The van der Waals surface area contributed by atoms with E-state index >= 15 is 0 Å². The van der Waals surface area contributed by atoms with Crippen LogP contribution in [0.15, 0.2) is 36.9 Å². The van der Waals surface area contributed by atoms with Gasteiger partial charge in [-0.1, -0.05) is 29.8 Å². The summed E-state index contributed by atoms with van der Waals surface area (Å²) in [5.41, 5.74) is 0. The molecule has 0 saturated heterocycles. The molecule has 5 nitrogen and oxygen atoms in total. The molecule has 0 aliphatic heterocycles. The molecular weight excluding hydrogens is 270 g/mol. The minimum atomic E-state index is -1.12. The van der Waals surface area contributed by atoms with Crippen LogP contribution in [0.2, 0.25) is 5.02 Å². The van der Waals surface area contributed by atoms with Crippen molar-refractivity contribution in [2.75, 3.05) is 6.61 Å². The summed E-state index contributed by atoms with van der Waals surface area (Å²) in [4.78, 5) is 22.4. The normalized spacial score (nSPS) is 11.4. The van der Waals surface area contributed by atoms with Crippen molar-refractivity contribution in [1.82, 2.24) is 5.32 Å². The molecule has 0 aromatic heterocycles. The minimum Gasteiger partial charge on any atom is -0.482 e. The Kier molecular flexibility index (Phi) is 5.89. The maximum Gasteiger partial charge on any atom is 0.326 e. The number of para-hydroxylation sites is 1. The van der Waals surface area contributed by atoms with Crippen molar-refractivity contribution >= 4 is 23.5 Å². The average Bonchev–Trinajstić information content (AvgIpc) is 2.37. The van der Waals surface area contributed by atoms with Gasteiger partial charge in [-0.05, 0) is 18.6 Å². The van der Waals surface area contributed by atoms with Crippen LogP contribution in [0.25, 0.3) is 0 Å². The summed E-state index contributed by atoms with van der Waals surface area (Å²) < 4.78 is 5.19. The van der Waals surface area contributed by atoms with Gasteiger partial charge in [0, 0.05) is 0 Å². The van der Waals surface area contributed by atoms with Crippen LogP contribution in [-0.2, 0) is 9.59 Å². The molecule has 0 spiro atoms. The molecule has 1 atom stereocenters. The van der Waals surface area contributed by atoms with Gasteiger partial charge in [-0.25, -0.2) is 4.79 Å². The molecule has 0 fully saturated rings. The van der Waals surface area contributed by atoms with Gasteiger partial charge in [-0.2, -0.15) is 0 Å². The van der Waals surface area contributed by atoms with Crippen LogP contribution in [0.4, 0.5) is 0 Å². The maximum absolute atomic E-state index is 11.5. The molecule has 1 aromatic rings. The zero-order valence-electron chi connectivity index (χ0n) is 10.1. The third-order valence-electron chi connectivity index (χ3n) is 2.23. The Morgan fingerprint density at radius 1 is 1.47 bits per heavy atom. The fourth-order valence-electron chi connectivity index (χ4n) is 1.33. The lowest BCUT2D eigenvalue weighted by Crippen LogP contribution is -2.42. The predicted molar refractivity (Wildman–Crippen MR) is 71.3 cm³/mol. The van der Waals surface area contributed by atoms with Crippen molar-refractivity contribution in [3.8, 4) is 5.75 Å². The van der Waals surface area contributed by atoms with Gasteiger partial charge in [-0.15, -0.1) is 6.58 Å². The number of carbonyl (C=O) groups excluding carboxylic acids is 1. The standard InChI is InChI=1S/C13H14ClNO4/c1-2-5-10(13(17)18)15-12(16)8-19-11-7-4-3-6-9(11)14/h2-4,6-7,10H,1,5,8H2,(H,15,16)(H,17,18). The quantitative estimate of drug-likeness (QED) is 0.749. The Bertz CT molecular complexity index is 475. The summed E-state index contributed by atoms with van der Waals surface area (Å²) in [6, 6.07) is 5.71. The molecule has 0 heterocycles. The molecule has 2 N–H and O–H groups in total. The van der Waals surface area contributed by atoms with Gasteiger partial charge in [0.15, 0.2) is 6.61 Å². The number of halogens is 1. The smallest absolute Gasteiger partial charge is 0.326 e. The second-order valence-corrected chi connectivity index (χ2v) is 4.11. The van der Waals surface area contributed by atoms with Crippen molar-refractivity contribution in [2.24, 2.45) is 0 Å². The first-order chi connectivity index (χ1) is 9.04. The highest BCUT2D eigenvalue weighted by atomic mass is 35.5. The van der Waals surface area contributed by atoms with E-state index in [0.29, 0.717) is 10.8 Å². The van der Waals surface area contributed by atoms with Gasteiger partial charge in [0.2, 0.25) is 0 Å². The maximum atomic E-state index is 11.5. The second kappa shape index (κ2) is 7.43. The Hall–Kier alpha value is -2.01. The number of rotatable bonds is 7. The van der Waals surface area contributed by atoms with E-state index in [2.05, 4.69) is 11.9 Å². The Balaban J connectivity index is 2.49. The number of carboxylic acids is 1. The summed E-state index contributed by atoms with van der Waals surface area (Å²) >= 11 is 5.85. The Morgan fingerprint density at radius 2 is 2.16 bits per heavy atom. The second-order valence-electron chi connectivity index (χ2n) is 3.70. The number of carboxylic acid groups (broad SMARTS) is 1. The number of hydrogen-bond donors (Lipinski definition) is 2. The number of hydrogen-bond acceptors (Lipinski definition) is 3. The molecule has 0 saturated carbocycles. The lowest BCUT2D eigenvalue weighted by atomic mass is 10.2. The third kappa shape index (κ3) is 5.01. The number of carbonyl (C=O) groups is 2. The first-order valence-corrected chi connectivity index (χ1v) is 5.92. The van der Waals surface area contributed by atoms with Crippen LogP contribution in [0, 0.1) is 0 Å². The largest absolute Gasteiger partial charge is 0.482 e. The molecule has 0 radical (unpaired) electrons. The summed E-state index contributed by atoms with van der Waals surface area (Å²) in [7, 11) is 0. The highest BCUT2D eigenvalue weighted by Gasteiger charge is 2.18. The van der Waals surface area contributed by atoms with Gasteiger partial charge in [-0.3, -0.25) is 4.79 Å². The monoisotopic (exact) mass is 283 g/mol. The molecule has 19 heavy (non-hydrogen) atoms. The zero-order chi connectivity index (χ0) is 14.3. The molecule has 1 unspecified atom stereocenters. The lowest BCUT2D eigenvalue weighted by molar-refractivity contribution is -0.142. The topological polar surface area (TPSA) is 75.6 Å². The molecule has 0 aliphatic rings. The number of benzene rings is 1. The molecule has 0 aliphatic carbocycles. The fourth-order valence-corrected chi connectivity index (χ4v) is 1.52. The Labute approximate surface area is 115 Å². The SMILES string of the molecule is C=CCC(NC(=O)COc1ccccc1Cl)C(=O)O. The third-order valence-corrected chi connectivity index (χ3v) is 2.54. The highest BCUT2D eigenvalue weighted by Crippen LogP contribution is 2.22. The van der Waals surface area contributed by atoms with Crippen molar-refractivity contribution in [3.05, 3.63) is 41.9 Å². The van der Waals surface area contributed by atoms with E-state index in [4.69, 9.17) is 21.4 Å². The summed E-state index contributed by atoms with van der Waals surface area (Å²) in [5, 5.41) is 11.6. The molecular formula is C13H14ClNO4. The summed E-state index contributed by atoms with van der Waals surface area (Å²) in [5.74, 6) is -1.28. The van der Waals surface area contributed by atoms with E-state index in [9.17, 15) is 9.59 Å². The van der Waals surface area contributed by atoms with Gasteiger partial charge in [0.1, 0.15) is 11.8 Å². The van der Waals surface area contributed by atoms with Gasteiger partial charge in [0.05, 0.1) is 5.02 Å². The van der Waals surface area contributed by atoms with E-state index in [1.54, 1.807) is 24.3 Å². The molecule has 1 amide bonds. The van der Waals surface area contributed by atoms with Gasteiger partial charge in [0.25, 0.3) is 5.91 Å².